The summed E-state index contributed by atoms with van der Waals surface area (Å²) in [7, 11) is 0. The molecule has 0 bridgehead atoms. The third-order valence-electron chi connectivity index (χ3n) is 4.37. The van der Waals surface area contributed by atoms with Gasteiger partial charge in [-0.1, -0.05) is 29.0 Å². The summed E-state index contributed by atoms with van der Waals surface area (Å²) in [6.07, 6.45) is 1.79. The van der Waals surface area contributed by atoms with Gasteiger partial charge >= 0.3 is 6.03 Å². The Hall–Kier alpha value is -2.19. The molecule has 1 saturated heterocycles. The van der Waals surface area contributed by atoms with E-state index >= 15 is 0 Å². The van der Waals surface area contributed by atoms with E-state index in [0.717, 1.165) is 28.6 Å². The van der Waals surface area contributed by atoms with Crippen molar-refractivity contribution >= 4 is 39.6 Å². The summed E-state index contributed by atoms with van der Waals surface area (Å²) in [4.78, 5) is 15.1. The molecule has 7 nitrogen and oxygen atoms in total. The van der Waals surface area contributed by atoms with Crippen molar-refractivity contribution < 1.29 is 4.79 Å². The van der Waals surface area contributed by atoms with Crippen LogP contribution in [0.4, 0.5) is 10.5 Å². The second kappa shape index (κ2) is 6.61. The lowest BCUT2D eigenvalue weighted by molar-refractivity contribution is 0.194. The fraction of sp³-hybridized carbons (Fsp3) is 0.375. The largest absolute Gasteiger partial charge is 0.324 e. The van der Waals surface area contributed by atoms with Crippen molar-refractivity contribution in [1.82, 2.24) is 24.7 Å². The number of nitrogens with zero attached hydrogens (tertiary/aromatic N) is 5. The first-order chi connectivity index (χ1) is 12.1. The van der Waals surface area contributed by atoms with Gasteiger partial charge < -0.3 is 10.2 Å². The fourth-order valence-corrected chi connectivity index (χ4v) is 4.24. The van der Waals surface area contributed by atoms with Gasteiger partial charge in [0, 0.05) is 29.7 Å². The Kier molecular flexibility index (Phi) is 4.30. The monoisotopic (exact) mass is 376 g/mol. The maximum absolute atomic E-state index is 12.4. The van der Waals surface area contributed by atoms with Gasteiger partial charge in [-0.15, -0.1) is 10.2 Å². The van der Waals surface area contributed by atoms with Crippen LogP contribution in [0.25, 0.3) is 4.96 Å². The molecule has 0 unspecified atom stereocenters. The molecule has 1 aliphatic heterocycles. The first-order valence-electron chi connectivity index (χ1n) is 8.10. The summed E-state index contributed by atoms with van der Waals surface area (Å²) in [5.74, 6) is 1.16. The molecule has 1 fully saturated rings. The Balaban J connectivity index is 1.38. The molecule has 1 aliphatic rings. The molecule has 0 spiro atoms. The van der Waals surface area contributed by atoms with Crippen molar-refractivity contribution in [2.24, 2.45) is 0 Å². The normalized spacial score (nSPS) is 15.7. The number of urea groups is 1. The average molecular weight is 377 g/mol. The lowest BCUT2D eigenvalue weighted by Gasteiger charge is -2.31. The van der Waals surface area contributed by atoms with Gasteiger partial charge in [0.25, 0.3) is 0 Å². The Morgan fingerprint density at radius 3 is 2.84 bits per heavy atom. The highest BCUT2D eigenvalue weighted by Crippen LogP contribution is 2.31. The fourth-order valence-electron chi connectivity index (χ4n) is 2.99. The van der Waals surface area contributed by atoms with Crippen LogP contribution in [0.5, 0.6) is 0 Å². The second-order valence-electron chi connectivity index (χ2n) is 6.08. The Labute approximate surface area is 153 Å². The summed E-state index contributed by atoms with van der Waals surface area (Å²) < 4.78 is 1.79. The van der Waals surface area contributed by atoms with Gasteiger partial charge in [-0.25, -0.2) is 4.79 Å². The van der Waals surface area contributed by atoms with Gasteiger partial charge in [-0.2, -0.15) is 9.61 Å². The van der Waals surface area contributed by atoms with Gasteiger partial charge in [0.15, 0.2) is 5.82 Å². The molecular formula is C16H17ClN6OS. The van der Waals surface area contributed by atoms with Crippen molar-refractivity contribution in [3.63, 3.8) is 0 Å². The molecule has 0 aliphatic carbocycles. The number of benzene rings is 1. The predicted molar refractivity (Wildman–Crippen MR) is 97.4 cm³/mol. The van der Waals surface area contributed by atoms with Crippen LogP contribution in [0.1, 0.15) is 29.6 Å². The number of hydrogen-bond donors (Lipinski definition) is 1. The SMILES string of the molecule is Cc1nnc2sc(C3CCN(C(=O)Nc4cccc(Cl)c4)CC3)nn12. The first-order valence-corrected chi connectivity index (χ1v) is 9.30. The van der Waals surface area contributed by atoms with Crippen molar-refractivity contribution in [2.45, 2.75) is 25.7 Å². The standard InChI is InChI=1S/C16H17ClN6OS/c1-10-19-20-16-23(10)21-14(25-16)11-5-7-22(8-6-11)15(24)18-13-4-2-3-12(17)9-13/h2-4,9,11H,5-8H2,1H3,(H,18,24). The van der Waals surface area contributed by atoms with Crippen molar-refractivity contribution in [2.75, 3.05) is 18.4 Å². The number of anilines is 1. The predicted octanol–water partition coefficient (Wildman–Crippen LogP) is 3.56. The zero-order chi connectivity index (χ0) is 17.4. The van der Waals surface area contributed by atoms with E-state index in [1.807, 2.05) is 24.0 Å². The van der Waals surface area contributed by atoms with Crippen LogP contribution >= 0.6 is 22.9 Å². The molecule has 2 aromatic heterocycles. The van der Waals surface area contributed by atoms with Gasteiger partial charge in [0.2, 0.25) is 4.96 Å². The average Bonchev–Trinajstić information content (AvgIpc) is 3.17. The summed E-state index contributed by atoms with van der Waals surface area (Å²) in [5, 5.41) is 17.3. The van der Waals surface area contributed by atoms with Gasteiger partial charge in [0.05, 0.1) is 0 Å². The summed E-state index contributed by atoms with van der Waals surface area (Å²) in [6, 6.07) is 7.09. The van der Waals surface area contributed by atoms with Crippen LogP contribution in [-0.4, -0.2) is 43.8 Å². The molecule has 25 heavy (non-hydrogen) atoms. The molecule has 3 heterocycles. The summed E-state index contributed by atoms with van der Waals surface area (Å²) >= 11 is 7.54. The van der Waals surface area contributed by atoms with Crippen molar-refractivity contribution in [3.05, 3.63) is 40.1 Å². The summed E-state index contributed by atoms with van der Waals surface area (Å²) in [6.45, 7) is 3.30. The van der Waals surface area contributed by atoms with Gasteiger partial charge in [0.1, 0.15) is 5.01 Å². The van der Waals surface area contributed by atoms with E-state index in [9.17, 15) is 4.79 Å². The van der Waals surface area contributed by atoms with Crippen LogP contribution in [0, 0.1) is 6.92 Å². The quantitative estimate of drug-likeness (QED) is 0.742. The third-order valence-corrected chi connectivity index (χ3v) is 5.67. The van der Waals surface area contributed by atoms with Crippen LogP contribution < -0.4 is 5.32 Å². The number of piperidine rings is 1. The number of halogens is 1. The molecule has 1 aromatic carbocycles. The first kappa shape index (κ1) is 16.3. The maximum Gasteiger partial charge on any atom is 0.321 e. The zero-order valence-corrected chi connectivity index (χ0v) is 15.2. The lowest BCUT2D eigenvalue weighted by atomic mass is 9.98. The number of rotatable bonds is 2. The molecular weight excluding hydrogens is 360 g/mol. The molecule has 130 valence electrons. The molecule has 2 amide bonds. The van der Waals surface area contributed by atoms with Gasteiger partial charge in [-0.05, 0) is 38.0 Å². The van der Waals surface area contributed by atoms with Crippen molar-refractivity contribution in [1.29, 1.82) is 0 Å². The minimum Gasteiger partial charge on any atom is -0.324 e. The molecule has 0 radical (unpaired) electrons. The second-order valence-corrected chi connectivity index (χ2v) is 7.51. The number of nitrogens with one attached hydrogen (secondary N) is 1. The molecule has 0 saturated carbocycles. The van der Waals surface area contributed by atoms with Gasteiger partial charge in [-0.3, -0.25) is 0 Å². The highest BCUT2D eigenvalue weighted by Gasteiger charge is 2.26. The Morgan fingerprint density at radius 2 is 2.12 bits per heavy atom. The van der Waals surface area contributed by atoms with Crippen LogP contribution in [-0.2, 0) is 0 Å². The van der Waals surface area contributed by atoms with Crippen molar-refractivity contribution in [3.8, 4) is 0 Å². The maximum atomic E-state index is 12.4. The number of carbonyl (C=O) groups excluding carboxylic acids is 1. The molecule has 3 aromatic rings. The van der Waals surface area contributed by atoms with E-state index < -0.39 is 0 Å². The van der Waals surface area contributed by atoms with E-state index in [2.05, 4.69) is 20.6 Å². The topological polar surface area (TPSA) is 75.4 Å². The van der Waals surface area contributed by atoms with E-state index in [1.165, 1.54) is 0 Å². The molecule has 0 atom stereocenters. The molecule has 1 N–H and O–H groups in total. The number of fused-ring (bicyclic) bond motifs is 1. The lowest BCUT2D eigenvalue weighted by Crippen LogP contribution is -2.40. The minimum atomic E-state index is -0.0882. The number of likely N-dealkylation sites (tertiary alicyclic amines) is 1. The highest BCUT2D eigenvalue weighted by molar-refractivity contribution is 7.16. The number of aromatic nitrogens is 4. The van der Waals surface area contributed by atoms with E-state index in [1.54, 1.807) is 28.0 Å². The van der Waals surface area contributed by atoms with Crippen LogP contribution in [0.2, 0.25) is 5.02 Å². The van der Waals surface area contributed by atoms with Crippen LogP contribution in [0.3, 0.4) is 0 Å². The highest BCUT2D eigenvalue weighted by atomic mass is 35.5. The smallest absolute Gasteiger partial charge is 0.321 e. The summed E-state index contributed by atoms with van der Waals surface area (Å²) in [5.41, 5.74) is 0.712. The zero-order valence-electron chi connectivity index (χ0n) is 13.6. The number of carbonyl (C=O) groups is 1. The van der Waals surface area contributed by atoms with E-state index in [4.69, 9.17) is 11.6 Å². The molecule has 9 heteroatoms. The van der Waals surface area contributed by atoms with Crippen LogP contribution in [0.15, 0.2) is 24.3 Å². The van der Waals surface area contributed by atoms with E-state index in [-0.39, 0.29) is 6.03 Å². The number of hydrogen-bond acceptors (Lipinski definition) is 5. The molecule has 4 rings (SSSR count). The third kappa shape index (κ3) is 3.32. The van der Waals surface area contributed by atoms with E-state index in [0.29, 0.717) is 29.7 Å². The minimum absolute atomic E-state index is 0.0882. The number of aryl methyl sites for hydroxylation is 1. The number of amides is 2. The Bertz CT molecular complexity index is 914. The Morgan fingerprint density at radius 1 is 1.32 bits per heavy atom.